The summed E-state index contributed by atoms with van der Waals surface area (Å²) in [5.41, 5.74) is -0.608. The average molecular weight is 303 g/mol. The zero-order valence-corrected chi connectivity index (χ0v) is 14.6. The smallest absolute Gasteiger partial charge is 0.167 e. The van der Waals surface area contributed by atoms with Crippen LogP contribution in [-0.4, -0.2) is 11.6 Å². The summed E-state index contributed by atoms with van der Waals surface area (Å²) in [5, 5.41) is 18.9. The molecule has 2 aliphatic rings. The van der Waals surface area contributed by atoms with Crippen molar-refractivity contribution in [2.45, 2.75) is 102 Å². The van der Waals surface area contributed by atoms with E-state index in [-0.39, 0.29) is 6.04 Å². The van der Waals surface area contributed by atoms with Crippen molar-refractivity contribution in [1.29, 1.82) is 5.26 Å². The van der Waals surface area contributed by atoms with Gasteiger partial charge < -0.3 is 0 Å². The van der Waals surface area contributed by atoms with E-state index < -0.39 is 5.54 Å². The lowest BCUT2D eigenvalue weighted by Crippen LogP contribution is -2.31. The van der Waals surface area contributed by atoms with Crippen molar-refractivity contribution in [2.75, 3.05) is 0 Å². The van der Waals surface area contributed by atoms with Gasteiger partial charge in [0.05, 0.1) is 12.1 Å². The van der Waals surface area contributed by atoms with Crippen molar-refractivity contribution < 1.29 is 0 Å². The molecular weight excluding hydrogens is 270 g/mol. The second kappa shape index (κ2) is 8.65. The Bertz CT molecular complexity index is 382. The van der Waals surface area contributed by atoms with Gasteiger partial charge in [0.2, 0.25) is 0 Å². The van der Waals surface area contributed by atoms with Crippen LogP contribution in [-0.2, 0) is 0 Å². The predicted molar refractivity (Wildman–Crippen MR) is 90.7 cm³/mol. The highest BCUT2D eigenvalue weighted by molar-refractivity contribution is 5.08. The molecule has 0 heterocycles. The number of nitriles is 1. The molecule has 0 saturated heterocycles. The first-order valence-electron chi connectivity index (χ1n) is 9.49. The molecule has 2 fully saturated rings. The van der Waals surface area contributed by atoms with Crippen molar-refractivity contribution in [3.63, 3.8) is 0 Å². The first kappa shape index (κ1) is 17.4. The number of rotatable bonds is 4. The molecule has 0 aromatic rings. The van der Waals surface area contributed by atoms with E-state index in [1.807, 2.05) is 6.92 Å². The third-order valence-corrected chi connectivity index (χ3v) is 5.91. The normalized spacial score (nSPS) is 26.8. The second-order valence-electron chi connectivity index (χ2n) is 7.66. The summed E-state index contributed by atoms with van der Waals surface area (Å²) in [4.78, 5) is 0. The number of azo groups is 1. The zero-order chi connectivity index (χ0) is 15.8. The topological polar surface area (TPSA) is 48.5 Å². The molecule has 3 nitrogen and oxygen atoms in total. The SMILES string of the molecule is CC(N=NC(C)(C#N)C1CCCCCC1)C1CCCCCC1. The van der Waals surface area contributed by atoms with Gasteiger partial charge in [0.1, 0.15) is 0 Å². The van der Waals surface area contributed by atoms with Gasteiger partial charge in [0, 0.05) is 0 Å². The summed E-state index contributed by atoms with van der Waals surface area (Å²) in [7, 11) is 0. The van der Waals surface area contributed by atoms with Crippen LogP contribution in [0.4, 0.5) is 0 Å². The molecular formula is C19H33N3. The van der Waals surface area contributed by atoms with Crippen molar-refractivity contribution in [2.24, 2.45) is 22.1 Å². The molecule has 2 saturated carbocycles. The Hall–Kier alpha value is -0.910. The Morgan fingerprint density at radius 1 is 0.909 bits per heavy atom. The monoisotopic (exact) mass is 303 g/mol. The first-order valence-corrected chi connectivity index (χ1v) is 9.49. The van der Waals surface area contributed by atoms with Crippen molar-refractivity contribution in [3.05, 3.63) is 0 Å². The molecule has 2 aliphatic carbocycles. The molecule has 0 radical (unpaired) electrons. The van der Waals surface area contributed by atoms with Gasteiger partial charge in [-0.15, -0.1) is 0 Å². The lowest BCUT2D eigenvalue weighted by Gasteiger charge is -2.27. The van der Waals surface area contributed by atoms with Crippen LogP contribution in [0.25, 0.3) is 0 Å². The Labute approximate surface area is 136 Å². The fourth-order valence-electron chi connectivity index (χ4n) is 4.14. The Balaban J connectivity index is 1.98. The average Bonchev–Trinajstić information content (AvgIpc) is 2.97. The van der Waals surface area contributed by atoms with E-state index in [1.54, 1.807) is 0 Å². The lowest BCUT2D eigenvalue weighted by atomic mass is 9.82. The first-order chi connectivity index (χ1) is 10.7. The van der Waals surface area contributed by atoms with Gasteiger partial charge in [-0.05, 0) is 51.4 Å². The summed E-state index contributed by atoms with van der Waals surface area (Å²) < 4.78 is 0. The molecule has 2 rings (SSSR count). The maximum Gasteiger partial charge on any atom is 0.167 e. The van der Waals surface area contributed by atoms with Crippen molar-refractivity contribution in [3.8, 4) is 6.07 Å². The minimum absolute atomic E-state index is 0.275. The number of nitrogens with zero attached hydrogens (tertiary/aromatic N) is 3. The number of hydrogen-bond donors (Lipinski definition) is 0. The fraction of sp³-hybridized carbons (Fsp3) is 0.947. The standard InChI is InChI=1S/C19H33N3/c1-16(17-11-7-3-4-8-12-17)21-22-19(2,15-20)18-13-9-5-6-10-14-18/h16-18H,3-14H2,1-2H3. The molecule has 0 aromatic heterocycles. The van der Waals surface area contributed by atoms with E-state index in [0.29, 0.717) is 11.8 Å². The quantitative estimate of drug-likeness (QED) is 0.460. The minimum Gasteiger partial charge on any atom is -0.196 e. The summed E-state index contributed by atoms with van der Waals surface area (Å²) >= 11 is 0. The largest absolute Gasteiger partial charge is 0.196 e. The Kier molecular flexibility index (Phi) is 6.86. The third kappa shape index (κ3) is 4.80. The van der Waals surface area contributed by atoms with E-state index >= 15 is 0 Å². The maximum absolute atomic E-state index is 9.69. The summed E-state index contributed by atoms with van der Waals surface area (Å²) in [6.07, 6.45) is 15.4. The summed E-state index contributed by atoms with van der Waals surface area (Å²) in [5.74, 6) is 1.06. The van der Waals surface area contributed by atoms with E-state index in [2.05, 4.69) is 23.2 Å². The minimum atomic E-state index is -0.608. The molecule has 0 spiro atoms. The highest BCUT2D eigenvalue weighted by Gasteiger charge is 2.35. The van der Waals surface area contributed by atoms with E-state index in [1.165, 1.54) is 64.2 Å². The Morgan fingerprint density at radius 2 is 1.41 bits per heavy atom. The second-order valence-corrected chi connectivity index (χ2v) is 7.66. The van der Waals surface area contributed by atoms with Gasteiger partial charge in [-0.2, -0.15) is 15.5 Å². The molecule has 0 N–H and O–H groups in total. The highest BCUT2D eigenvalue weighted by atomic mass is 15.2. The molecule has 2 atom stereocenters. The Morgan fingerprint density at radius 3 is 1.91 bits per heavy atom. The molecule has 0 bridgehead atoms. The van der Waals surface area contributed by atoms with Crippen LogP contribution < -0.4 is 0 Å². The highest BCUT2D eigenvalue weighted by Crippen LogP contribution is 2.35. The van der Waals surface area contributed by atoms with E-state index in [9.17, 15) is 5.26 Å². The zero-order valence-electron chi connectivity index (χ0n) is 14.6. The van der Waals surface area contributed by atoms with Gasteiger partial charge in [0.15, 0.2) is 5.54 Å². The predicted octanol–water partition coefficient (Wildman–Crippen LogP) is 6.05. The van der Waals surface area contributed by atoms with E-state index in [0.717, 1.165) is 12.8 Å². The molecule has 0 aromatic carbocycles. The lowest BCUT2D eigenvalue weighted by molar-refractivity contribution is 0.302. The van der Waals surface area contributed by atoms with Crippen molar-refractivity contribution in [1.82, 2.24) is 0 Å². The molecule has 2 unspecified atom stereocenters. The maximum atomic E-state index is 9.69. The van der Waals surface area contributed by atoms with Crippen LogP contribution in [0.2, 0.25) is 0 Å². The van der Waals surface area contributed by atoms with Crippen LogP contribution in [0.3, 0.4) is 0 Å². The van der Waals surface area contributed by atoms with Crippen LogP contribution >= 0.6 is 0 Å². The van der Waals surface area contributed by atoms with Gasteiger partial charge in [-0.25, -0.2) is 0 Å². The summed E-state index contributed by atoms with van der Waals surface area (Å²) in [6.45, 7) is 4.21. The van der Waals surface area contributed by atoms with Gasteiger partial charge >= 0.3 is 0 Å². The molecule has 0 aliphatic heterocycles. The van der Waals surface area contributed by atoms with E-state index in [4.69, 9.17) is 0 Å². The number of hydrogen-bond acceptors (Lipinski definition) is 3. The summed E-state index contributed by atoms with van der Waals surface area (Å²) in [6, 6.07) is 2.76. The van der Waals surface area contributed by atoms with Gasteiger partial charge in [-0.3, -0.25) is 0 Å². The molecule has 0 amide bonds. The van der Waals surface area contributed by atoms with Crippen LogP contribution in [0.1, 0.15) is 90.9 Å². The van der Waals surface area contributed by atoms with Crippen LogP contribution in [0.15, 0.2) is 10.2 Å². The van der Waals surface area contributed by atoms with Crippen LogP contribution in [0, 0.1) is 23.2 Å². The van der Waals surface area contributed by atoms with Crippen LogP contribution in [0.5, 0.6) is 0 Å². The molecule has 3 heteroatoms. The molecule has 124 valence electrons. The fourth-order valence-corrected chi connectivity index (χ4v) is 4.14. The third-order valence-electron chi connectivity index (χ3n) is 5.91. The molecule has 22 heavy (non-hydrogen) atoms. The van der Waals surface area contributed by atoms with Gasteiger partial charge in [-0.1, -0.05) is 51.4 Å². The van der Waals surface area contributed by atoms with Gasteiger partial charge in [0.25, 0.3) is 0 Å². The van der Waals surface area contributed by atoms with Crippen molar-refractivity contribution >= 4 is 0 Å².